The van der Waals surface area contributed by atoms with Gasteiger partial charge >= 0.3 is 0 Å². The molecule has 1 atom stereocenters. The summed E-state index contributed by atoms with van der Waals surface area (Å²) in [5.74, 6) is 0.613. The summed E-state index contributed by atoms with van der Waals surface area (Å²) in [4.78, 5) is 15.9. The Kier molecular flexibility index (Phi) is 9.19. The van der Waals surface area contributed by atoms with Crippen LogP contribution in [-0.2, 0) is 21.1 Å². The highest BCUT2D eigenvalue weighted by Crippen LogP contribution is 2.10. The number of nitrogens with one attached hydrogen (secondary N) is 3. The molecule has 0 aromatic heterocycles. The SMILES string of the molecule is CN=C(NCC(=O)NCCc1ccccc1)NC1CCS(=O)(=O)C1.I. The van der Waals surface area contributed by atoms with Gasteiger partial charge in [-0.05, 0) is 18.4 Å². The number of hydrogen-bond acceptors (Lipinski definition) is 4. The van der Waals surface area contributed by atoms with Gasteiger partial charge in [-0.2, -0.15) is 0 Å². The Morgan fingerprint density at radius 1 is 1.24 bits per heavy atom. The summed E-state index contributed by atoms with van der Waals surface area (Å²) in [5.41, 5.74) is 1.17. The van der Waals surface area contributed by atoms with E-state index in [2.05, 4.69) is 20.9 Å². The van der Waals surface area contributed by atoms with Crippen LogP contribution in [0.3, 0.4) is 0 Å². The summed E-state index contributed by atoms with van der Waals surface area (Å²) in [6.07, 6.45) is 1.34. The van der Waals surface area contributed by atoms with E-state index < -0.39 is 9.84 Å². The molecule has 0 radical (unpaired) electrons. The molecule has 1 aliphatic heterocycles. The number of carbonyl (C=O) groups excluding carboxylic acids is 1. The molecule has 25 heavy (non-hydrogen) atoms. The number of benzene rings is 1. The Balaban J connectivity index is 0.00000312. The summed E-state index contributed by atoms with van der Waals surface area (Å²) >= 11 is 0. The van der Waals surface area contributed by atoms with Crippen molar-refractivity contribution in [1.82, 2.24) is 16.0 Å². The summed E-state index contributed by atoms with van der Waals surface area (Å²) in [5, 5.41) is 8.78. The second-order valence-electron chi connectivity index (χ2n) is 5.76. The summed E-state index contributed by atoms with van der Waals surface area (Å²) < 4.78 is 22.9. The summed E-state index contributed by atoms with van der Waals surface area (Å²) in [7, 11) is -1.35. The molecule has 1 amide bonds. The zero-order valence-corrected chi connectivity index (χ0v) is 17.3. The molecule has 0 bridgehead atoms. The van der Waals surface area contributed by atoms with Crippen LogP contribution in [0.15, 0.2) is 35.3 Å². The van der Waals surface area contributed by atoms with Gasteiger partial charge in [-0.1, -0.05) is 30.3 Å². The van der Waals surface area contributed by atoms with E-state index in [0.29, 0.717) is 18.9 Å². The van der Waals surface area contributed by atoms with Crippen molar-refractivity contribution in [3.05, 3.63) is 35.9 Å². The van der Waals surface area contributed by atoms with Crippen molar-refractivity contribution < 1.29 is 13.2 Å². The molecular formula is C16H25IN4O3S. The molecule has 9 heteroatoms. The van der Waals surface area contributed by atoms with Gasteiger partial charge in [-0.15, -0.1) is 24.0 Å². The Morgan fingerprint density at radius 2 is 1.96 bits per heavy atom. The van der Waals surface area contributed by atoms with E-state index >= 15 is 0 Å². The van der Waals surface area contributed by atoms with Crippen molar-refractivity contribution in [2.24, 2.45) is 4.99 Å². The monoisotopic (exact) mass is 480 g/mol. The molecule has 0 saturated carbocycles. The zero-order chi connectivity index (χ0) is 17.4. The molecule has 140 valence electrons. The predicted molar refractivity (Wildman–Crippen MR) is 110 cm³/mol. The number of sulfone groups is 1. The maximum atomic E-state index is 11.8. The molecule has 1 aromatic rings. The van der Waals surface area contributed by atoms with E-state index in [9.17, 15) is 13.2 Å². The van der Waals surface area contributed by atoms with Crippen LogP contribution in [0.5, 0.6) is 0 Å². The standard InChI is InChI=1S/C16H24N4O3S.HI/c1-17-16(20-14-8-10-24(22,23)12-14)19-11-15(21)18-9-7-13-5-3-2-4-6-13;/h2-6,14H,7-12H2,1H3,(H,18,21)(H2,17,19,20);1H. The number of carbonyl (C=O) groups is 1. The van der Waals surface area contributed by atoms with Gasteiger partial charge in [0.15, 0.2) is 15.8 Å². The molecule has 3 N–H and O–H groups in total. The first-order valence-electron chi connectivity index (χ1n) is 7.97. The molecular weight excluding hydrogens is 455 g/mol. The normalized spacial score (nSPS) is 18.9. The third-order valence-corrected chi connectivity index (χ3v) is 5.56. The minimum atomic E-state index is -2.94. The van der Waals surface area contributed by atoms with Gasteiger partial charge in [0, 0.05) is 19.6 Å². The third kappa shape index (κ3) is 8.04. The Hall–Kier alpha value is -1.36. The number of halogens is 1. The van der Waals surface area contributed by atoms with Gasteiger partial charge < -0.3 is 16.0 Å². The molecule has 1 heterocycles. The molecule has 0 spiro atoms. The van der Waals surface area contributed by atoms with Crippen molar-refractivity contribution >= 4 is 45.7 Å². The van der Waals surface area contributed by atoms with E-state index in [0.717, 1.165) is 6.42 Å². The maximum Gasteiger partial charge on any atom is 0.239 e. The number of rotatable bonds is 6. The first-order chi connectivity index (χ1) is 11.5. The Labute approximate surface area is 166 Å². The zero-order valence-electron chi connectivity index (χ0n) is 14.2. The van der Waals surface area contributed by atoms with E-state index in [1.807, 2.05) is 30.3 Å². The average molecular weight is 480 g/mol. The first kappa shape index (κ1) is 21.7. The third-order valence-electron chi connectivity index (χ3n) is 3.79. The lowest BCUT2D eigenvalue weighted by Crippen LogP contribution is -2.47. The van der Waals surface area contributed by atoms with Crippen molar-refractivity contribution in [1.29, 1.82) is 0 Å². The molecule has 1 aliphatic rings. The van der Waals surface area contributed by atoms with E-state index in [-0.39, 0.29) is 54.0 Å². The molecule has 2 rings (SSSR count). The number of nitrogens with zero attached hydrogens (tertiary/aromatic N) is 1. The fourth-order valence-corrected chi connectivity index (χ4v) is 4.19. The van der Waals surface area contributed by atoms with Crippen LogP contribution < -0.4 is 16.0 Å². The second-order valence-corrected chi connectivity index (χ2v) is 7.98. The Morgan fingerprint density at radius 3 is 2.56 bits per heavy atom. The van der Waals surface area contributed by atoms with Crippen LogP contribution in [0.4, 0.5) is 0 Å². The number of amides is 1. The lowest BCUT2D eigenvalue weighted by atomic mass is 10.1. The number of guanidine groups is 1. The molecule has 1 aromatic carbocycles. The molecule has 7 nitrogen and oxygen atoms in total. The smallest absolute Gasteiger partial charge is 0.239 e. The van der Waals surface area contributed by atoms with Crippen LogP contribution in [0.2, 0.25) is 0 Å². The van der Waals surface area contributed by atoms with Gasteiger partial charge in [-0.3, -0.25) is 9.79 Å². The lowest BCUT2D eigenvalue weighted by Gasteiger charge is -2.15. The highest BCUT2D eigenvalue weighted by Gasteiger charge is 2.28. The topological polar surface area (TPSA) is 99.7 Å². The van der Waals surface area contributed by atoms with Gasteiger partial charge in [0.1, 0.15) is 0 Å². The van der Waals surface area contributed by atoms with Crippen molar-refractivity contribution in [3.8, 4) is 0 Å². The molecule has 0 aliphatic carbocycles. The van der Waals surface area contributed by atoms with Gasteiger partial charge in [0.2, 0.25) is 5.91 Å². The van der Waals surface area contributed by atoms with Gasteiger partial charge in [0.05, 0.1) is 18.1 Å². The first-order valence-corrected chi connectivity index (χ1v) is 9.79. The van der Waals surface area contributed by atoms with Crippen molar-refractivity contribution in [2.45, 2.75) is 18.9 Å². The van der Waals surface area contributed by atoms with E-state index in [1.165, 1.54) is 5.56 Å². The predicted octanol–water partition coefficient (Wildman–Crippen LogP) is 0.315. The van der Waals surface area contributed by atoms with Gasteiger partial charge in [-0.25, -0.2) is 8.42 Å². The Bertz CT molecular complexity index is 680. The lowest BCUT2D eigenvalue weighted by molar-refractivity contribution is -0.119. The summed E-state index contributed by atoms with van der Waals surface area (Å²) in [6.45, 7) is 0.658. The largest absolute Gasteiger partial charge is 0.354 e. The molecule has 1 fully saturated rings. The number of hydrogen-bond donors (Lipinski definition) is 3. The maximum absolute atomic E-state index is 11.8. The minimum absolute atomic E-state index is 0. The van der Waals surface area contributed by atoms with Crippen molar-refractivity contribution in [2.75, 3.05) is 31.6 Å². The highest BCUT2D eigenvalue weighted by molar-refractivity contribution is 14.0. The van der Waals surface area contributed by atoms with Crippen LogP contribution in [0.25, 0.3) is 0 Å². The molecule has 1 unspecified atom stereocenters. The van der Waals surface area contributed by atoms with Crippen LogP contribution in [0, 0.1) is 0 Å². The number of aliphatic imine (C=N–C) groups is 1. The van der Waals surface area contributed by atoms with E-state index in [1.54, 1.807) is 7.05 Å². The quantitative estimate of drug-likeness (QED) is 0.310. The van der Waals surface area contributed by atoms with Crippen LogP contribution in [-0.4, -0.2) is 58.0 Å². The fraction of sp³-hybridized carbons (Fsp3) is 0.500. The average Bonchev–Trinajstić information content (AvgIpc) is 2.91. The van der Waals surface area contributed by atoms with Gasteiger partial charge in [0.25, 0.3) is 0 Å². The van der Waals surface area contributed by atoms with Crippen LogP contribution >= 0.6 is 24.0 Å². The summed E-state index contributed by atoms with van der Waals surface area (Å²) in [6, 6.07) is 9.79. The molecule has 1 saturated heterocycles. The van der Waals surface area contributed by atoms with E-state index in [4.69, 9.17) is 0 Å². The minimum Gasteiger partial charge on any atom is -0.354 e. The second kappa shape index (κ2) is 10.6. The highest BCUT2D eigenvalue weighted by atomic mass is 127. The fourth-order valence-electron chi connectivity index (χ4n) is 2.51. The van der Waals surface area contributed by atoms with Crippen LogP contribution in [0.1, 0.15) is 12.0 Å². The van der Waals surface area contributed by atoms with Crippen molar-refractivity contribution in [3.63, 3.8) is 0 Å².